The van der Waals surface area contributed by atoms with E-state index in [1.54, 1.807) is 0 Å². The van der Waals surface area contributed by atoms with Crippen LogP contribution in [0, 0.1) is 0 Å². The van der Waals surface area contributed by atoms with Crippen LogP contribution in [0.4, 0.5) is 10.8 Å². The topological polar surface area (TPSA) is 70.2 Å². The fourth-order valence-corrected chi connectivity index (χ4v) is 3.15. The summed E-state index contributed by atoms with van der Waals surface area (Å²) < 4.78 is 0. The van der Waals surface area contributed by atoms with Crippen molar-refractivity contribution in [3.05, 3.63) is 24.3 Å². The zero-order valence-corrected chi connectivity index (χ0v) is 13.5. The molecule has 1 aromatic carbocycles. The van der Waals surface area contributed by atoms with Gasteiger partial charge < -0.3 is 10.2 Å². The van der Waals surface area contributed by atoms with Crippen molar-refractivity contribution in [2.75, 3.05) is 30.9 Å². The third-order valence-electron chi connectivity index (χ3n) is 3.66. The van der Waals surface area contributed by atoms with Crippen molar-refractivity contribution in [2.24, 2.45) is 0 Å². The molecule has 1 aromatic heterocycles. The number of amides is 1. The van der Waals surface area contributed by atoms with Gasteiger partial charge in [-0.25, -0.2) is 0 Å². The van der Waals surface area contributed by atoms with Gasteiger partial charge in [0.25, 0.3) is 0 Å². The second-order valence-electron chi connectivity index (χ2n) is 5.49. The summed E-state index contributed by atoms with van der Waals surface area (Å²) in [5, 5.41) is 15.6. The van der Waals surface area contributed by atoms with Crippen LogP contribution < -0.4 is 15.5 Å². The van der Waals surface area contributed by atoms with E-state index in [1.165, 1.54) is 11.3 Å². The lowest BCUT2D eigenvalue weighted by Gasteiger charge is -2.11. The van der Waals surface area contributed by atoms with Crippen molar-refractivity contribution >= 4 is 28.1 Å². The molecule has 0 radical (unpaired) electrons. The molecule has 6 nitrogen and oxygen atoms in total. The van der Waals surface area contributed by atoms with E-state index in [1.807, 2.05) is 43.3 Å². The summed E-state index contributed by atoms with van der Waals surface area (Å²) in [4.78, 5) is 14.1. The summed E-state index contributed by atoms with van der Waals surface area (Å²) in [6.07, 6.45) is 1.92. The van der Waals surface area contributed by atoms with Crippen molar-refractivity contribution in [3.8, 4) is 10.6 Å². The van der Waals surface area contributed by atoms with E-state index in [4.69, 9.17) is 0 Å². The monoisotopic (exact) mass is 317 g/mol. The van der Waals surface area contributed by atoms with Gasteiger partial charge in [0, 0.05) is 25.3 Å². The Morgan fingerprint density at radius 3 is 2.73 bits per heavy atom. The van der Waals surface area contributed by atoms with Crippen LogP contribution in [-0.4, -0.2) is 42.8 Å². The number of benzene rings is 1. The van der Waals surface area contributed by atoms with Crippen molar-refractivity contribution in [2.45, 2.75) is 18.9 Å². The van der Waals surface area contributed by atoms with Gasteiger partial charge >= 0.3 is 0 Å². The number of anilines is 2. The number of nitrogens with zero attached hydrogens (tertiary/aromatic N) is 3. The zero-order valence-electron chi connectivity index (χ0n) is 12.7. The van der Waals surface area contributed by atoms with E-state index >= 15 is 0 Å². The Kier molecular flexibility index (Phi) is 4.35. The molecule has 0 aliphatic carbocycles. The Bertz CT molecular complexity index is 646. The van der Waals surface area contributed by atoms with E-state index in [-0.39, 0.29) is 11.9 Å². The molecule has 1 amide bonds. The minimum atomic E-state index is -0.105. The van der Waals surface area contributed by atoms with E-state index in [0.29, 0.717) is 5.13 Å². The Labute approximate surface area is 133 Å². The first-order valence-corrected chi connectivity index (χ1v) is 8.10. The van der Waals surface area contributed by atoms with Gasteiger partial charge in [-0.2, -0.15) is 0 Å². The van der Waals surface area contributed by atoms with Gasteiger partial charge in [-0.05, 0) is 43.7 Å². The molecule has 0 bridgehead atoms. The summed E-state index contributed by atoms with van der Waals surface area (Å²) >= 11 is 1.39. The van der Waals surface area contributed by atoms with Crippen LogP contribution in [0.3, 0.4) is 0 Å². The first kappa shape index (κ1) is 14.9. The molecule has 1 saturated heterocycles. The maximum Gasteiger partial charge on any atom is 0.243 e. The number of carbonyl (C=O) groups excluding carboxylic acids is 1. The molecule has 116 valence electrons. The molecule has 2 heterocycles. The van der Waals surface area contributed by atoms with Crippen molar-refractivity contribution in [1.29, 1.82) is 0 Å². The average molecular weight is 317 g/mol. The fraction of sp³-hybridized carbons (Fsp3) is 0.400. The van der Waals surface area contributed by atoms with Gasteiger partial charge in [0.2, 0.25) is 11.0 Å². The van der Waals surface area contributed by atoms with Crippen molar-refractivity contribution in [1.82, 2.24) is 15.5 Å². The van der Waals surface area contributed by atoms with Crippen LogP contribution in [0.2, 0.25) is 0 Å². The van der Waals surface area contributed by atoms with Crippen molar-refractivity contribution in [3.63, 3.8) is 0 Å². The highest BCUT2D eigenvalue weighted by atomic mass is 32.1. The van der Waals surface area contributed by atoms with Crippen LogP contribution in [0.5, 0.6) is 0 Å². The zero-order chi connectivity index (χ0) is 15.5. The van der Waals surface area contributed by atoms with Crippen molar-refractivity contribution < 1.29 is 4.79 Å². The van der Waals surface area contributed by atoms with Crippen LogP contribution in [-0.2, 0) is 4.79 Å². The lowest BCUT2D eigenvalue weighted by molar-refractivity contribution is -0.117. The Morgan fingerprint density at radius 2 is 2.09 bits per heavy atom. The molecule has 3 rings (SSSR count). The summed E-state index contributed by atoms with van der Waals surface area (Å²) in [7, 11) is 4.01. The minimum absolute atomic E-state index is 0.0249. The number of hydrogen-bond donors (Lipinski definition) is 2. The SMILES string of the molecule is CN(C)c1ccc(-c2nnc(NC(=O)C3CCCN3)s2)cc1. The van der Waals surface area contributed by atoms with E-state index in [9.17, 15) is 4.79 Å². The van der Waals surface area contributed by atoms with Crippen LogP contribution in [0.1, 0.15) is 12.8 Å². The number of hydrogen-bond acceptors (Lipinski definition) is 6. The lowest BCUT2D eigenvalue weighted by Crippen LogP contribution is -2.35. The molecule has 1 fully saturated rings. The maximum absolute atomic E-state index is 12.0. The van der Waals surface area contributed by atoms with Crippen LogP contribution in [0.25, 0.3) is 10.6 Å². The second-order valence-corrected chi connectivity index (χ2v) is 6.47. The van der Waals surface area contributed by atoms with Gasteiger partial charge in [0.05, 0.1) is 6.04 Å². The first-order chi connectivity index (χ1) is 10.6. The standard InChI is InChI=1S/C15H19N5OS/c1-20(2)11-7-5-10(6-8-11)14-18-19-15(22-14)17-13(21)12-4-3-9-16-12/h5-8,12,16H,3-4,9H2,1-2H3,(H,17,19,21). The highest BCUT2D eigenvalue weighted by Gasteiger charge is 2.23. The summed E-state index contributed by atoms with van der Waals surface area (Å²) in [6.45, 7) is 0.900. The van der Waals surface area contributed by atoms with Gasteiger partial charge in [-0.15, -0.1) is 10.2 Å². The maximum atomic E-state index is 12.0. The molecule has 1 unspecified atom stereocenters. The molecule has 1 aliphatic heterocycles. The molecule has 2 aromatic rings. The van der Waals surface area contributed by atoms with Gasteiger partial charge in [-0.1, -0.05) is 11.3 Å². The smallest absolute Gasteiger partial charge is 0.243 e. The molecule has 22 heavy (non-hydrogen) atoms. The first-order valence-electron chi connectivity index (χ1n) is 7.29. The van der Waals surface area contributed by atoms with E-state index in [2.05, 4.69) is 20.8 Å². The fourth-order valence-electron chi connectivity index (χ4n) is 2.39. The van der Waals surface area contributed by atoms with Gasteiger partial charge in [0.1, 0.15) is 5.01 Å². The highest BCUT2D eigenvalue weighted by Crippen LogP contribution is 2.28. The number of carbonyl (C=O) groups is 1. The molecule has 1 aliphatic rings. The van der Waals surface area contributed by atoms with Gasteiger partial charge in [-0.3, -0.25) is 10.1 Å². The number of nitrogens with one attached hydrogen (secondary N) is 2. The molecular formula is C15H19N5OS. The van der Waals surface area contributed by atoms with E-state index in [0.717, 1.165) is 35.6 Å². The third kappa shape index (κ3) is 3.26. The van der Waals surface area contributed by atoms with E-state index < -0.39 is 0 Å². The molecule has 0 spiro atoms. The lowest BCUT2D eigenvalue weighted by atomic mass is 10.2. The van der Waals surface area contributed by atoms with Gasteiger partial charge in [0.15, 0.2) is 0 Å². The van der Waals surface area contributed by atoms with Crippen LogP contribution >= 0.6 is 11.3 Å². The predicted molar refractivity (Wildman–Crippen MR) is 89.3 cm³/mol. The summed E-state index contributed by atoms with van der Waals surface area (Å²) in [6, 6.07) is 8.00. The summed E-state index contributed by atoms with van der Waals surface area (Å²) in [5.74, 6) is -0.0249. The molecule has 0 saturated carbocycles. The highest BCUT2D eigenvalue weighted by molar-refractivity contribution is 7.18. The third-order valence-corrected chi connectivity index (χ3v) is 4.55. The van der Waals surface area contributed by atoms with Crippen LogP contribution in [0.15, 0.2) is 24.3 Å². The largest absolute Gasteiger partial charge is 0.378 e. The minimum Gasteiger partial charge on any atom is -0.378 e. The molecule has 2 N–H and O–H groups in total. The normalized spacial score (nSPS) is 17.5. The second kappa shape index (κ2) is 6.41. The summed E-state index contributed by atoms with van der Waals surface area (Å²) in [5.41, 5.74) is 2.14. The molecule has 7 heteroatoms. The molecular weight excluding hydrogens is 298 g/mol. The Hall–Kier alpha value is -1.99. The predicted octanol–water partition coefficient (Wildman–Crippen LogP) is 1.96. The Balaban J connectivity index is 1.69. The quantitative estimate of drug-likeness (QED) is 0.902. The molecule has 1 atom stereocenters. The number of aromatic nitrogens is 2. The Morgan fingerprint density at radius 1 is 1.32 bits per heavy atom. The number of rotatable bonds is 4. The average Bonchev–Trinajstić information content (AvgIpc) is 3.19.